The van der Waals surface area contributed by atoms with E-state index >= 15 is 0 Å². The van der Waals surface area contributed by atoms with E-state index in [1.165, 1.54) is 6.20 Å². The first-order chi connectivity index (χ1) is 19.4. The monoisotopic (exact) mass is 576 g/mol. The van der Waals surface area contributed by atoms with Crippen molar-refractivity contribution < 1.29 is 22.7 Å². The van der Waals surface area contributed by atoms with Crippen molar-refractivity contribution in [2.24, 2.45) is 5.92 Å². The van der Waals surface area contributed by atoms with E-state index in [4.69, 9.17) is 4.74 Å². The second-order valence-electron chi connectivity index (χ2n) is 11.7. The molecule has 4 aromatic rings. The summed E-state index contributed by atoms with van der Waals surface area (Å²) in [5.41, 5.74) is 2.02. The third-order valence-corrected chi connectivity index (χ3v) is 8.88. The molecule has 6 rings (SSSR count). The van der Waals surface area contributed by atoms with Gasteiger partial charge in [-0.15, -0.1) is 0 Å². The van der Waals surface area contributed by atoms with Crippen LogP contribution in [0.15, 0.2) is 59.9 Å². The van der Waals surface area contributed by atoms with E-state index in [0.29, 0.717) is 24.0 Å². The van der Waals surface area contributed by atoms with E-state index in [1.807, 2.05) is 33.9 Å². The molecular weight excluding hydrogens is 544 g/mol. The number of benzene rings is 1. The molecule has 0 spiro atoms. The Morgan fingerprint density at radius 3 is 2.44 bits per heavy atom. The molecule has 2 fully saturated rings. The van der Waals surface area contributed by atoms with E-state index in [-0.39, 0.29) is 40.3 Å². The summed E-state index contributed by atoms with van der Waals surface area (Å²) in [7, 11) is -3.95. The number of hydrogen-bond acceptors (Lipinski definition) is 7. The maximum Gasteiger partial charge on any atom is 0.410 e. The van der Waals surface area contributed by atoms with Crippen LogP contribution in [0, 0.1) is 12.8 Å². The number of fused-ring (bicyclic) bond motifs is 1. The Kier molecular flexibility index (Phi) is 6.40. The van der Waals surface area contributed by atoms with Crippen LogP contribution in [0.1, 0.15) is 45.2 Å². The Bertz CT molecular complexity index is 1760. The molecule has 214 valence electrons. The number of hydrogen-bond donors (Lipinski definition) is 1. The topological polar surface area (TPSA) is 128 Å². The molecular formula is C29H32N6O5S. The predicted octanol–water partition coefficient (Wildman–Crippen LogP) is 4.59. The molecule has 1 aromatic carbocycles. The Hall–Kier alpha value is -4.19. The zero-order chi connectivity index (χ0) is 29.1. The molecule has 1 saturated heterocycles. The smallest absolute Gasteiger partial charge is 0.410 e. The van der Waals surface area contributed by atoms with Crippen LogP contribution in [-0.2, 0) is 19.6 Å². The predicted molar refractivity (Wildman–Crippen MR) is 153 cm³/mol. The lowest BCUT2D eigenvalue weighted by atomic mass is 10.1. The summed E-state index contributed by atoms with van der Waals surface area (Å²) in [5.74, 6) is 0.0963. The first kappa shape index (κ1) is 27.0. The third kappa shape index (κ3) is 5.31. The lowest BCUT2D eigenvalue weighted by Crippen LogP contribution is -2.52. The molecule has 11 nitrogen and oxygen atoms in total. The van der Waals surface area contributed by atoms with Gasteiger partial charge in [-0.3, -0.25) is 9.48 Å². The summed E-state index contributed by atoms with van der Waals surface area (Å²) in [6.45, 7) is 8.32. The summed E-state index contributed by atoms with van der Waals surface area (Å²) < 4.78 is 35.6. The van der Waals surface area contributed by atoms with Crippen molar-refractivity contribution in [2.75, 3.05) is 18.4 Å². The fourth-order valence-corrected chi connectivity index (χ4v) is 6.05. The number of aryl methyl sites for hydroxylation is 1. The molecule has 1 aliphatic carbocycles. The maximum absolute atomic E-state index is 13.6. The van der Waals surface area contributed by atoms with E-state index in [2.05, 4.69) is 15.4 Å². The summed E-state index contributed by atoms with van der Waals surface area (Å²) in [6.07, 6.45) is 6.34. The van der Waals surface area contributed by atoms with Crippen molar-refractivity contribution in [3.8, 4) is 11.1 Å². The first-order valence-electron chi connectivity index (χ1n) is 13.6. The molecule has 1 saturated carbocycles. The van der Waals surface area contributed by atoms with E-state index < -0.39 is 15.6 Å². The average Bonchev–Trinajstić information content (AvgIpc) is 3.45. The SMILES string of the molecule is Cc1ccc(S(=O)(=O)n2ccc3c(-c4cnn(C5CN(C(=O)OC(C)(C)C)C5)c4)cc(NC(=O)C4CC4)nc32)cc1. The Morgan fingerprint density at radius 1 is 1.07 bits per heavy atom. The number of aromatic nitrogens is 4. The van der Waals surface area contributed by atoms with Gasteiger partial charge in [-0.2, -0.15) is 5.10 Å². The average molecular weight is 577 g/mol. The number of rotatable bonds is 6. The number of carbonyl (C=O) groups is 2. The number of nitrogens with one attached hydrogen (secondary N) is 1. The summed E-state index contributed by atoms with van der Waals surface area (Å²) in [6, 6.07) is 10.1. The third-order valence-electron chi connectivity index (χ3n) is 7.20. The van der Waals surface area contributed by atoms with Crippen molar-refractivity contribution in [3.63, 3.8) is 0 Å². The van der Waals surface area contributed by atoms with Crippen LogP contribution in [-0.4, -0.2) is 62.7 Å². The first-order valence-corrected chi connectivity index (χ1v) is 15.0. The summed E-state index contributed by atoms with van der Waals surface area (Å²) >= 11 is 0. The van der Waals surface area contributed by atoms with Crippen LogP contribution >= 0.6 is 0 Å². The van der Waals surface area contributed by atoms with Gasteiger partial charge in [0.05, 0.1) is 17.1 Å². The molecule has 0 unspecified atom stereocenters. The number of pyridine rings is 1. The second kappa shape index (κ2) is 9.72. The number of nitrogens with zero attached hydrogens (tertiary/aromatic N) is 5. The molecule has 1 N–H and O–H groups in total. The minimum absolute atomic E-state index is 0.0193. The maximum atomic E-state index is 13.6. The number of amides is 2. The minimum Gasteiger partial charge on any atom is -0.444 e. The van der Waals surface area contributed by atoms with Crippen molar-refractivity contribution in [1.82, 2.24) is 23.6 Å². The normalized spacial score (nSPS) is 16.0. The molecule has 3 aromatic heterocycles. The lowest BCUT2D eigenvalue weighted by Gasteiger charge is -2.39. The minimum atomic E-state index is -3.95. The zero-order valence-electron chi connectivity index (χ0n) is 23.4. The van der Waals surface area contributed by atoms with Crippen LogP contribution in [0.4, 0.5) is 10.6 Å². The van der Waals surface area contributed by atoms with Gasteiger partial charge < -0.3 is 15.0 Å². The van der Waals surface area contributed by atoms with Crippen LogP contribution in [0.25, 0.3) is 22.2 Å². The largest absolute Gasteiger partial charge is 0.444 e. The van der Waals surface area contributed by atoms with Gasteiger partial charge in [0.15, 0.2) is 5.65 Å². The molecule has 1 aliphatic heterocycles. The summed E-state index contributed by atoms with van der Waals surface area (Å²) in [4.78, 5) is 31.3. The van der Waals surface area contributed by atoms with Gasteiger partial charge in [-0.1, -0.05) is 17.7 Å². The van der Waals surface area contributed by atoms with E-state index in [9.17, 15) is 18.0 Å². The lowest BCUT2D eigenvalue weighted by molar-refractivity contribution is -0.117. The number of ether oxygens (including phenoxy) is 1. The highest BCUT2D eigenvalue weighted by molar-refractivity contribution is 7.90. The molecule has 0 bridgehead atoms. The number of likely N-dealkylation sites (tertiary alicyclic amines) is 1. The molecule has 41 heavy (non-hydrogen) atoms. The fourth-order valence-electron chi connectivity index (χ4n) is 4.76. The van der Waals surface area contributed by atoms with Crippen molar-refractivity contribution in [3.05, 3.63) is 60.6 Å². The number of carbonyl (C=O) groups excluding carboxylic acids is 2. The Morgan fingerprint density at radius 2 is 1.78 bits per heavy atom. The van der Waals surface area contributed by atoms with Gasteiger partial charge in [0.2, 0.25) is 5.91 Å². The molecule has 12 heteroatoms. The quantitative estimate of drug-likeness (QED) is 0.356. The summed E-state index contributed by atoms with van der Waals surface area (Å²) in [5, 5.41) is 8.01. The van der Waals surface area contributed by atoms with Crippen LogP contribution < -0.4 is 5.32 Å². The van der Waals surface area contributed by atoms with Crippen LogP contribution in [0.3, 0.4) is 0 Å². The van der Waals surface area contributed by atoms with Crippen LogP contribution in [0.2, 0.25) is 0 Å². The van der Waals surface area contributed by atoms with E-state index in [1.54, 1.807) is 52.2 Å². The molecule has 0 atom stereocenters. The zero-order valence-corrected chi connectivity index (χ0v) is 24.2. The number of anilines is 1. The van der Waals surface area contributed by atoms with Crippen molar-refractivity contribution in [2.45, 2.75) is 57.1 Å². The highest BCUT2D eigenvalue weighted by Gasteiger charge is 2.35. The Balaban J connectivity index is 1.34. The van der Waals surface area contributed by atoms with Crippen molar-refractivity contribution in [1.29, 1.82) is 0 Å². The van der Waals surface area contributed by atoms with Gasteiger partial charge in [-0.25, -0.2) is 22.2 Å². The Labute approximate surface area is 238 Å². The van der Waals surface area contributed by atoms with E-state index in [0.717, 1.165) is 27.9 Å². The molecule has 2 amide bonds. The second-order valence-corrected chi connectivity index (χ2v) is 13.5. The molecule has 4 heterocycles. The highest BCUT2D eigenvalue weighted by atomic mass is 32.2. The van der Waals surface area contributed by atoms with Gasteiger partial charge in [0, 0.05) is 42.4 Å². The standard InChI is InChI=1S/C29H32N6O5S/c1-18-5-9-22(10-6-18)41(38,39)35-12-11-23-24(13-25(31-26(23)35)32-27(36)19-7-8-19)20-14-30-34(15-20)21-16-33(17-21)28(37)40-29(2,3)4/h5-6,9-15,19,21H,7-8,16-17H2,1-4H3,(H,31,32,36). The van der Waals surface area contributed by atoms with Crippen molar-refractivity contribution >= 4 is 38.9 Å². The fraction of sp³-hybridized carbons (Fsp3) is 0.379. The van der Waals surface area contributed by atoms with Gasteiger partial charge >= 0.3 is 6.09 Å². The van der Waals surface area contributed by atoms with Gasteiger partial charge in [0.25, 0.3) is 10.0 Å². The van der Waals surface area contributed by atoms with Crippen LogP contribution in [0.5, 0.6) is 0 Å². The van der Waals surface area contributed by atoms with Gasteiger partial charge in [0.1, 0.15) is 11.4 Å². The van der Waals surface area contributed by atoms with Gasteiger partial charge in [-0.05, 0) is 70.4 Å². The molecule has 0 radical (unpaired) electrons. The molecule has 2 aliphatic rings. The highest BCUT2D eigenvalue weighted by Crippen LogP contribution is 2.35.